The number of fused-ring (bicyclic) bond motifs is 1. The zero-order valence-corrected chi connectivity index (χ0v) is 22.2. The fraction of sp³-hybridized carbons (Fsp3) is 0.464. The van der Waals surface area contributed by atoms with E-state index in [1.165, 1.54) is 11.0 Å². The second kappa shape index (κ2) is 11.3. The zero-order valence-electron chi connectivity index (χ0n) is 21.4. The molecule has 1 heterocycles. The van der Waals surface area contributed by atoms with Gasteiger partial charge >= 0.3 is 0 Å². The number of H-pyrrole nitrogens is 1. The molecule has 192 valence electrons. The number of rotatable bonds is 8. The monoisotopic (exact) mass is 509 g/mol. The molecule has 0 bridgehead atoms. The lowest BCUT2D eigenvalue weighted by Crippen LogP contribution is -2.43. The van der Waals surface area contributed by atoms with Gasteiger partial charge in [-0.1, -0.05) is 38.8 Å². The van der Waals surface area contributed by atoms with E-state index >= 15 is 0 Å². The first kappa shape index (κ1) is 25.9. The predicted octanol–water partition coefficient (Wildman–Crippen LogP) is 5.46. The van der Waals surface area contributed by atoms with Gasteiger partial charge in [-0.15, -0.1) is 0 Å². The molecule has 8 heteroatoms. The van der Waals surface area contributed by atoms with Crippen LogP contribution in [0.2, 0.25) is 0 Å². The van der Waals surface area contributed by atoms with Crippen molar-refractivity contribution in [1.29, 1.82) is 0 Å². The number of hydrogen-bond acceptors (Lipinski definition) is 5. The summed E-state index contributed by atoms with van der Waals surface area (Å²) in [4.78, 5) is 29.3. The average Bonchev–Trinajstić information content (AvgIpc) is 2.86. The van der Waals surface area contributed by atoms with Gasteiger partial charge in [0.1, 0.15) is 0 Å². The number of nitrogens with zero attached hydrogens (tertiary/aromatic N) is 1. The number of carbonyl (C=O) groups is 1. The topological polar surface area (TPSA) is 85.4 Å². The predicted molar refractivity (Wildman–Crippen MR) is 145 cm³/mol. The van der Waals surface area contributed by atoms with Crippen molar-refractivity contribution in [2.75, 3.05) is 13.2 Å². The van der Waals surface area contributed by atoms with Crippen molar-refractivity contribution in [2.45, 2.75) is 59.5 Å². The summed E-state index contributed by atoms with van der Waals surface area (Å²) in [5.41, 5.74) is 1.89. The summed E-state index contributed by atoms with van der Waals surface area (Å²) in [6.45, 7) is 9.49. The number of benzene rings is 2. The second-order valence-electron chi connectivity index (χ2n) is 9.58. The van der Waals surface area contributed by atoms with Crippen LogP contribution in [0.3, 0.4) is 0 Å². The molecule has 1 amide bonds. The Hall–Kier alpha value is -3.13. The molecular formula is C28H35N3O4S. The van der Waals surface area contributed by atoms with Crippen LogP contribution in [-0.4, -0.2) is 34.7 Å². The summed E-state index contributed by atoms with van der Waals surface area (Å²) in [5.74, 6) is 2.13. The van der Waals surface area contributed by atoms with Crippen LogP contribution in [0.1, 0.15) is 62.9 Å². The molecule has 3 atom stereocenters. The number of aromatic nitrogens is 2. The summed E-state index contributed by atoms with van der Waals surface area (Å²) in [6.07, 6.45) is 3.39. The van der Waals surface area contributed by atoms with Gasteiger partial charge in [0.15, 0.2) is 16.3 Å². The fourth-order valence-electron chi connectivity index (χ4n) is 4.92. The van der Waals surface area contributed by atoms with Gasteiger partial charge in [0.05, 0.1) is 30.7 Å². The van der Waals surface area contributed by atoms with Gasteiger partial charge < -0.3 is 19.8 Å². The van der Waals surface area contributed by atoms with Crippen LogP contribution in [0.25, 0.3) is 10.9 Å². The van der Waals surface area contributed by atoms with Gasteiger partial charge in [0, 0.05) is 17.7 Å². The summed E-state index contributed by atoms with van der Waals surface area (Å²) >= 11 is 5.51. The smallest absolute Gasteiger partial charge is 0.262 e. The minimum absolute atomic E-state index is 0.0544. The number of nitrogens with one attached hydrogen (secondary N) is 2. The summed E-state index contributed by atoms with van der Waals surface area (Å²) in [5, 5.41) is 3.69. The Labute approximate surface area is 216 Å². The van der Waals surface area contributed by atoms with Gasteiger partial charge in [-0.05, 0) is 68.1 Å². The van der Waals surface area contributed by atoms with E-state index in [0.29, 0.717) is 64.3 Å². The maximum Gasteiger partial charge on any atom is 0.262 e. The molecule has 0 saturated heterocycles. The molecule has 1 saturated carbocycles. The molecule has 0 radical (unpaired) electrons. The van der Waals surface area contributed by atoms with Crippen molar-refractivity contribution in [3.8, 4) is 11.5 Å². The molecule has 2 aromatic carbocycles. The van der Waals surface area contributed by atoms with Crippen molar-refractivity contribution >= 4 is 29.0 Å². The molecule has 1 aliphatic rings. The lowest BCUT2D eigenvalue weighted by atomic mass is 9.78. The molecule has 0 aliphatic heterocycles. The standard InChI is InChI=1S/C28H35N3O4S/c1-5-34-24-14-21-23(15-25(24)35-6-2)30-28(36)31(27(21)33)16-19-10-12-20(13-11-19)26(32)29-22-9-7-8-17(3)18(22)4/h10-15,17-18,22H,5-9,16H2,1-4H3,(H,29,32)(H,30,36)/t17-,18-,22+/m0/s1. The van der Waals surface area contributed by atoms with Crippen LogP contribution < -0.4 is 20.3 Å². The Morgan fingerprint density at radius 1 is 1.08 bits per heavy atom. The molecule has 1 aromatic heterocycles. The van der Waals surface area contributed by atoms with E-state index in [0.717, 1.165) is 18.4 Å². The SMILES string of the molecule is CCOc1cc2[nH]c(=S)n(Cc3ccc(C(=O)N[C@@H]4CCC[C@H](C)[C@@H]4C)cc3)c(=O)c2cc1OCC. The van der Waals surface area contributed by atoms with Crippen molar-refractivity contribution < 1.29 is 14.3 Å². The number of hydrogen-bond donors (Lipinski definition) is 2. The van der Waals surface area contributed by atoms with Gasteiger partial charge in [-0.2, -0.15) is 0 Å². The highest BCUT2D eigenvalue weighted by Gasteiger charge is 2.28. The lowest BCUT2D eigenvalue weighted by molar-refractivity contribution is 0.0891. The molecule has 1 fully saturated rings. The minimum atomic E-state index is -0.208. The first-order chi connectivity index (χ1) is 17.3. The van der Waals surface area contributed by atoms with Gasteiger partial charge in [0.2, 0.25) is 0 Å². The quantitative estimate of drug-likeness (QED) is 0.394. The molecule has 36 heavy (non-hydrogen) atoms. The Bertz CT molecular complexity index is 1350. The summed E-state index contributed by atoms with van der Waals surface area (Å²) in [7, 11) is 0. The first-order valence-electron chi connectivity index (χ1n) is 12.8. The molecular weight excluding hydrogens is 474 g/mol. The molecule has 0 unspecified atom stereocenters. The average molecular weight is 510 g/mol. The highest BCUT2D eigenvalue weighted by Crippen LogP contribution is 2.31. The van der Waals surface area contributed by atoms with E-state index < -0.39 is 0 Å². The number of amides is 1. The van der Waals surface area contributed by atoms with E-state index in [4.69, 9.17) is 21.7 Å². The van der Waals surface area contributed by atoms with E-state index in [2.05, 4.69) is 24.1 Å². The third-order valence-electron chi connectivity index (χ3n) is 7.23. The molecule has 7 nitrogen and oxygen atoms in total. The van der Waals surface area contributed by atoms with Crippen LogP contribution in [0.5, 0.6) is 11.5 Å². The Kier molecular flexibility index (Phi) is 8.14. The summed E-state index contributed by atoms with van der Waals surface area (Å²) < 4.78 is 13.2. The van der Waals surface area contributed by atoms with Crippen LogP contribution in [0.15, 0.2) is 41.2 Å². The molecule has 0 spiro atoms. The van der Waals surface area contributed by atoms with Crippen molar-refractivity contribution in [2.24, 2.45) is 11.8 Å². The van der Waals surface area contributed by atoms with E-state index in [9.17, 15) is 9.59 Å². The Morgan fingerprint density at radius 2 is 1.75 bits per heavy atom. The Morgan fingerprint density at radius 3 is 2.42 bits per heavy atom. The molecule has 1 aliphatic carbocycles. The molecule has 2 N–H and O–H groups in total. The van der Waals surface area contributed by atoms with Crippen LogP contribution in [-0.2, 0) is 6.54 Å². The lowest BCUT2D eigenvalue weighted by Gasteiger charge is -2.34. The summed E-state index contributed by atoms with van der Waals surface area (Å²) in [6, 6.07) is 11.0. The highest BCUT2D eigenvalue weighted by molar-refractivity contribution is 7.71. The first-order valence-corrected chi connectivity index (χ1v) is 13.2. The number of carbonyl (C=O) groups excluding carboxylic acids is 1. The highest BCUT2D eigenvalue weighted by atomic mass is 32.1. The second-order valence-corrected chi connectivity index (χ2v) is 9.96. The number of aromatic amines is 1. The van der Waals surface area contributed by atoms with Crippen molar-refractivity contribution in [3.63, 3.8) is 0 Å². The van der Waals surface area contributed by atoms with Crippen LogP contribution in [0.4, 0.5) is 0 Å². The molecule has 3 aromatic rings. The van der Waals surface area contributed by atoms with Crippen LogP contribution >= 0.6 is 12.2 Å². The Balaban J connectivity index is 1.56. The van der Waals surface area contributed by atoms with Gasteiger partial charge in [-0.25, -0.2) is 0 Å². The van der Waals surface area contributed by atoms with Crippen LogP contribution in [0, 0.1) is 16.6 Å². The van der Waals surface area contributed by atoms with Gasteiger partial charge in [-0.3, -0.25) is 14.2 Å². The van der Waals surface area contributed by atoms with E-state index in [1.807, 2.05) is 38.1 Å². The van der Waals surface area contributed by atoms with E-state index in [-0.39, 0.29) is 17.5 Å². The number of ether oxygens (including phenoxy) is 2. The fourth-order valence-corrected chi connectivity index (χ4v) is 5.18. The maximum atomic E-state index is 13.3. The molecule has 4 rings (SSSR count). The van der Waals surface area contributed by atoms with Crippen molar-refractivity contribution in [3.05, 3.63) is 62.6 Å². The van der Waals surface area contributed by atoms with Gasteiger partial charge in [0.25, 0.3) is 11.5 Å². The third-order valence-corrected chi connectivity index (χ3v) is 7.55. The van der Waals surface area contributed by atoms with Crippen molar-refractivity contribution in [1.82, 2.24) is 14.9 Å². The maximum absolute atomic E-state index is 13.3. The largest absolute Gasteiger partial charge is 0.490 e. The normalized spacial score (nSPS) is 19.7. The third kappa shape index (κ3) is 5.48. The minimum Gasteiger partial charge on any atom is -0.490 e. The zero-order chi connectivity index (χ0) is 25.8. The van der Waals surface area contributed by atoms with E-state index in [1.54, 1.807) is 12.1 Å².